The number of aromatic amines is 4. The van der Waals surface area contributed by atoms with Crippen molar-refractivity contribution in [2.75, 3.05) is 0 Å². The van der Waals surface area contributed by atoms with Crippen LogP contribution in [0.15, 0.2) is 146 Å². The molecule has 12 heteroatoms. The summed E-state index contributed by atoms with van der Waals surface area (Å²) in [4.78, 5) is 63.6. The van der Waals surface area contributed by atoms with E-state index in [0.29, 0.717) is 66.4 Å². The van der Waals surface area contributed by atoms with Crippen molar-refractivity contribution in [2.45, 2.75) is 0 Å². The molecule has 0 amide bonds. The molecule has 8 N–H and O–H groups in total. The third-order valence-electron chi connectivity index (χ3n) is 10.5. The summed E-state index contributed by atoms with van der Waals surface area (Å²) in [6, 6.07) is 42.2. The summed E-state index contributed by atoms with van der Waals surface area (Å²) >= 11 is 0. The molecule has 292 valence electrons. The fraction of sp³-hybridized carbons (Fsp3) is 0. The van der Waals surface area contributed by atoms with Crippen molar-refractivity contribution in [1.82, 2.24) is 19.9 Å². The van der Waals surface area contributed by atoms with Crippen LogP contribution < -0.4 is 21.4 Å². The van der Waals surface area contributed by atoms with E-state index in [1.54, 1.807) is 0 Å². The van der Waals surface area contributed by atoms with Gasteiger partial charge in [0.15, 0.2) is 0 Å². The Bertz CT molecular complexity index is 3040. The van der Waals surface area contributed by atoms with Gasteiger partial charge in [-0.3, -0.25) is 0 Å². The topological polar surface area (TPSA) is 212 Å². The quantitative estimate of drug-likeness (QED) is 0.104. The lowest BCUT2D eigenvalue weighted by Crippen LogP contribution is -2.19. The van der Waals surface area contributed by atoms with E-state index in [1.165, 1.54) is 24.3 Å². The second-order valence-corrected chi connectivity index (χ2v) is 14.2. The van der Waals surface area contributed by atoms with E-state index in [-0.39, 0.29) is 22.3 Å². The molecule has 8 aromatic rings. The number of carboxylic acids is 4. The fourth-order valence-corrected chi connectivity index (χ4v) is 7.82. The van der Waals surface area contributed by atoms with Gasteiger partial charge in [0.25, 0.3) is 0 Å². The van der Waals surface area contributed by atoms with E-state index in [4.69, 9.17) is 0 Å². The minimum Gasteiger partial charge on any atom is -0.478 e. The van der Waals surface area contributed by atoms with Gasteiger partial charge in [-0.15, -0.1) is 0 Å². The van der Waals surface area contributed by atoms with Crippen LogP contribution in [0, 0.1) is 0 Å². The van der Waals surface area contributed by atoms with Gasteiger partial charge in [-0.05, 0) is 107 Å². The van der Waals surface area contributed by atoms with Crippen LogP contribution in [0.3, 0.4) is 0 Å². The third-order valence-corrected chi connectivity index (χ3v) is 10.5. The molecule has 9 rings (SSSR count). The predicted molar refractivity (Wildman–Crippen MR) is 222 cm³/mol. The van der Waals surface area contributed by atoms with Gasteiger partial charge in [-0.1, -0.05) is 60.7 Å². The molecule has 0 saturated heterocycles. The number of rotatable bonds is 8. The highest BCUT2D eigenvalue weighted by Gasteiger charge is 2.22. The first-order chi connectivity index (χ1) is 29.0. The highest BCUT2D eigenvalue weighted by atomic mass is 16.4. The van der Waals surface area contributed by atoms with Crippen LogP contribution in [0.2, 0.25) is 0 Å². The van der Waals surface area contributed by atoms with Crippen LogP contribution in [0.4, 0.5) is 0 Å². The Morgan fingerprint density at radius 1 is 0.300 bits per heavy atom. The zero-order chi connectivity index (χ0) is 41.7. The molecule has 8 bridgehead atoms. The Hall–Kier alpha value is -8.64. The van der Waals surface area contributed by atoms with Gasteiger partial charge in [0, 0.05) is 66.5 Å². The molecule has 0 unspecified atom stereocenters. The zero-order valence-corrected chi connectivity index (χ0v) is 31.3. The molecule has 4 aromatic heterocycles. The maximum atomic E-state index is 12.3. The summed E-state index contributed by atoms with van der Waals surface area (Å²) in [5, 5.41) is 42.7. The number of carboxylic acid groups (broad SMARTS) is 4. The molecule has 0 radical (unpaired) electrons. The summed E-state index contributed by atoms with van der Waals surface area (Å²) in [5.74, 6) is -5.10. The molecule has 0 saturated carbocycles. The first-order valence-corrected chi connectivity index (χ1v) is 18.6. The number of H-pyrrole nitrogens is 4. The van der Waals surface area contributed by atoms with Crippen molar-refractivity contribution in [2.24, 2.45) is 0 Å². The number of aromatic nitrogens is 4. The van der Waals surface area contributed by atoms with E-state index in [2.05, 4.69) is 19.9 Å². The van der Waals surface area contributed by atoms with Gasteiger partial charge in [0.05, 0.1) is 22.3 Å². The van der Waals surface area contributed by atoms with Gasteiger partial charge in [-0.2, -0.15) is 0 Å². The van der Waals surface area contributed by atoms with Gasteiger partial charge in [-0.25, -0.2) is 19.2 Å². The van der Waals surface area contributed by atoms with Crippen molar-refractivity contribution in [3.63, 3.8) is 0 Å². The number of nitrogens with one attached hydrogen (secondary N) is 4. The monoisotopic (exact) mass is 792 g/mol. The molecule has 4 aromatic carbocycles. The first kappa shape index (κ1) is 37.0. The molecule has 1 aliphatic heterocycles. The average molecular weight is 793 g/mol. The molecule has 0 atom stereocenters. The second kappa shape index (κ2) is 14.7. The third kappa shape index (κ3) is 6.69. The fourth-order valence-electron chi connectivity index (χ4n) is 7.82. The van der Waals surface area contributed by atoms with E-state index < -0.39 is 23.9 Å². The second-order valence-electron chi connectivity index (χ2n) is 14.2. The van der Waals surface area contributed by atoms with E-state index in [0.717, 1.165) is 34.4 Å². The molecule has 1 aliphatic rings. The predicted octanol–water partition coefficient (Wildman–Crippen LogP) is 5.09. The first-order valence-electron chi connectivity index (χ1n) is 18.6. The zero-order valence-electron chi connectivity index (χ0n) is 31.3. The largest absolute Gasteiger partial charge is 0.478 e. The smallest absolute Gasteiger partial charge is 0.335 e. The lowest BCUT2D eigenvalue weighted by molar-refractivity contribution is 0.0676. The SMILES string of the molecule is O=C(O)c1cc(C(=O)O)cc(C2=c3ccc([nH]3)=C(c3ccccc3)c3ccc([nH]3)C(c3cc(C(=O)O)cc(C(=O)O)c3)=c3ccc([nH]3)=C(c3ccccc3)c3ccc2[nH]3)c1. The van der Waals surface area contributed by atoms with Crippen molar-refractivity contribution in [3.05, 3.63) is 234 Å². The van der Waals surface area contributed by atoms with E-state index in [1.807, 2.05) is 109 Å². The Morgan fingerprint density at radius 3 is 0.833 bits per heavy atom. The van der Waals surface area contributed by atoms with Crippen molar-refractivity contribution in [3.8, 4) is 0 Å². The summed E-state index contributed by atoms with van der Waals surface area (Å²) in [6.07, 6.45) is 0. The Labute approximate surface area is 339 Å². The maximum Gasteiger partial charge on any atom is 0.335 e. The lowest BCUT2D eigenvalue weighted by atomic mass is 9.97. The standard InChI is InChI=1S/C48H32N4O8/c53-45(54)29-19-27(20-30(23-29)46(55)56)43-37-15-11-33(49-37)41(25-7-3-1-4-8-25)34-12-16-38(50-34)44(28-21-31(47(57)58)24-32(22-28)48(59)60)40-18-14-36(52-40)42(26-9-5-2-6-10-26)35-13-17-39(43)51-35/h1-24,49-52H,(H,53,54)(H,55,56)(H,57,58)(H,59,60). The number of benzene rings is 4. The van der Waals surface area contributed by atoms with Gasteiger partial charge in [0.2, 0.25) is 0 Å². The average Bonchev–Trinajstić information content (AvgIpc) is 4.09. The Kier molecular flexibility index (Phi) is 9.06. The molecule has 12 nitrogen and oxygen atoms in total. The normalized spacial score (nSPS) is 12.4. The molecule has 0 fully saturated rings. The number of fused-ring (bicyclic) bond motifs is 8. The minimum atomic E-state index is -1.28. The minimum absolute atomic E-state index is 0.189. The number of carbonyl (C=O) groups is 4. The summed E-state index contributed by atoms with van der Waals surface area (Å²) in [7, 11) is 0. The summed E-state index contributed by atoms with van der Waals surface area (Å²) < 4.78 is 0. The van der Waals surface area contributed by atoms with Crippen molar-refractivity contribution < 1.29 is 39.6 Å². The molecule has 60 heavy (non-hydrogen) atoms. The number of hydrogen-bond acceptors (Lipinski definition) is 4. The van der Waals surface area contributed by atoms with Crippen LogP contribution in [-0.2, 0) is 0 Å². The van der Waals surface area contributed by atoms with Gasteiger partial charge >= 0.3 is 23.9 Å². The van der Waals surface area contributed by atoms with Crippen molar-refractivity contribution >= 4 is 46.2 Å². The van der Waals surface area contributed by atoms with E-state index >= 15 is 0 Å². The Balaban J connectivity index is 1.45. The van der Waals surface area contributed by atoms with Crippen LogP contribution >= 0.6 is 0 Å². The number of aromatic carboxylic acids is 4. The molecule has 0 aliphatic carbocycles. The van der Waals surface area contributed by atoms with Crippen LogP contribution in [0.5, 0.6) is 0 Å². The highest BCUT2D eigenvalue weighted by Crippen LogP contribution is 2.29. The molecular formula is C48H32N4O8. The Morgan fingerprint density at radius 2 is 0.567 bits per heavy atom. The maximum absolute atomic E-state index is 12.3. The molecule has 5 heterocycles. The summed E-state index contributed by atoms with van der Waals surface area (Å²) in [6.45, 7) is 0. The van der Waals surface area contributed by atoms with Gasteiger partial charge < -0.3 is 40.4 Å². The van der Waals surface area contributed by atoms with Crippen molar-refractivity contribution in [1.29, 1.82) is 0 Å². The summed E-state index contributed by atoms with van der Waals surface area (Å²) in [5.41, 5.74) is 6.59. The lowest BCUT2D eigenvalue weighted by Gasteiger charge is -2.11. The molecule has 0 spiro atoms. The highest BCUT2D eigenvalue weighted by molar-refractivity contribution is 5.98. The van der Waals surface area contributed by atoms with Gasteiger partial charge in [0.1, 0.15) is 0 Å². The molecular weight excluding hydrogens is 761 g/mol. The van der Waals surface area contributed by atoms with Crippen LogP contribution in [-0.4, -0.2) is 64.2 Å². The van der Waals surface area contributed by atoms with E-state index in [9.17, 15) is 39.6 Å². The number of hydrogen-bond donors (Lipinski definition) is 8. The van der Waals surface area contributed by atoms with Crippen LogP contribution in [0.25, 0.3) is 22.3 Å². The van der Waals surface area contributed by atoms with Crippen LogP contribution in [0.1, 0.15) is 86.5 Å².